The molecule has 10 heteroatoms. The maximum atomic E-state index is 11.9. The number of nitrogens with zero attached hydrogens (tertiary/aromatic N) is 3. The quantitative estimate of drug-likeness (QED) is 0.312. The number of para-hydroxylation sites is 2. The van der Waals surface area contributed by atoms with Crippen LogP contribution in [0.4, 0.5) is 5.69 Å². The van der Waals surface area contributed by atoms with Gasteiger partial charge in [0.1, 0.15) is 5.75 Å². The molecule has 1 aromatic carbocycles. The number of hydrogen-bond acceptors (Lipinski definition) is 5. The largest absolute Gasteiger partial charge is 0.495 e. The van der Waals surface area contributed by atoms with Crippen molar-refractivity contribution in [3.63, 3.8) is 0 Å². The Morgan fingerprint density at radius 2 is 2.10 bits per heavy atom. The van der Waals surface area contributed by atoms with Crippen molar-refractivity contribution in [2.24, 2.45) is 4.99 Å². The molecule has 2 heterocycles. The maximum Gasteiger partial charge on any atom is 0.214 e. The average molecular weight is 537 g/mol. The van der Waals surface area contributed by atoms with Crippen molar-refractivity contribution >= 4 is 45.6 Å². The van der Waals surface area contributed by atoms with Gasteiger partial charge in [-0.1, -0.05) is 12.1 Å². The van der Waals surface area contributed by atoms with Crippen molar-refractivity contribution in [3.05, 3.63) is 24.3 Å². The molecular weight excluding hydrogens is 505 g/mol. The molecule has 2 aliphatic heterocycles. The zero-order valence-corrected chi connectivity index (χ0v) is 20.3. The van der Waals surface area contributed by atoms with Crippen molar-refractivity contribution in [3.8, 4) is 5.75 Å². The lowest BCUT2D eigenvalue weighted by Crippen LogP contribution is -2.45. The molecule has 2 saturated heterocycles. The van der Waals surface area contributed by atoms with Crippen molar-refractivity contribution in [1.82, 2.24) is 14.9 Å². The summed E-state index contributed by atoms with van der Waals surface area (Å²) in [5, 5.41) is 6.75. The Hall–Kier alpha value is -1.27. The predicted octanol–water partition coefficient (Wildman–Crippen LogP) is 1.48. The highest BCUT2D eigenvalue weighted by atomic mass is 127. The van der Waals surface area contributed by atoms with E-state index in [0.717, 1.165) is 43.5 Å². The fourth-order valence-electron chi connectivity index (χ4n) is 3.72. The third kappa shape index (κ3) is 6.35. The van der Waals surface area contributed by atoms with Crippen molar-refractivity contribution < 1.29 is 13.2 Å². The van der Waals surface area contributed by atoms with E-state index in [4.69, 9.17) is 4.74 Å². The highest BCUT2D eigenvalue weighted by molar-refractivity contribution is 14.0. The van der Waals surface area contributed by atoms with E-state index in [-0.39, 0.29) is 35.8 Å². The number of benzene rings is 1. The summed E-state index contributed by atoms with van der Waals surface area (Å²) in [7, 11) is -1.36. The number of aliphatic imine (C=N–C) groups is 1. The summed E-state index contributed by atoms with van der Waals surface area (Å²) in [5.41, 5.74) is 1.11. The lowest BCUT2D eigenvalue weighted by Gasteiger charge is -2.22. The van der Waals surface area contributed by atoms with E-state index in [9.17, 15) is 8.42 Å². The standard InChI is InChI=1S/C19H31N5O3S.HI/c1-3-20-19(21-10-13-24-11-6-14-28(24,25)26)22-16-9-12-23(15-16)17-7-4-5-8-18(17)27-2;/h4-5,7-8,16H,3,6,9-15H2,1-2H3,(H2,20,21,22);1H. The van der Waals surface area contributed by atoms with Crippen LogP contribution in [0.15, 0.2) is 29.3 Å². The molecule has 3 rings (SSSR count). The lowest BCUT2D eigenvalue weighted by molar-refractivity contribution is 0.415. The molecule has 0 bridgehead atoms. The first kappa shape index (κ1) is 24.0. The molecule has 0 aromatic heterocycles. The highest BCUT2D eigenvalue weighted by Crippen LogP contribution is 2.30. The van der Waals surface area contributed by atoms with E-state index in [1.807, 2.05) is 25.1 Å². The first-order valence-electron chi connectivity index (χ1n) is 9.94. The Morgan fingerprint density at radius 1 is 1.31 bits per heavy atom. The molecular formula is C19H32IN5O3S. The molecule has 0 amide bonds. The summed E-state index contributed by atoms with van der Waals surface area (Å²) in [4.78, 5) is 6.90. The smallest absolute Gasteiger partial charge is 0.214 e. The molecule has 8 nitrogen and oxygen atoms in total. The second-order valence-corrected chi connectivity index (χ2v) is 9.17. The van der Waals surface area contributed by atoms with Crippen LogP contribution in [0.25, 0.3) is 0 Å². The van der Waals surface area contributed by atoms with E-state index in [1.165, 1.54) is 0 Å². The number of methoxy groups -OCH3 is 1. The van der Waals surface area contributed by atoms with Gasteiger partial charge in [0.25, 0.3) is 0 Å². The minimum absolute atomic E-state index is 0. The van der Waals surface area contributed by atoms with Crippen molar-refractivity contribution in [1.29, 1.82) is 0 Å². The molecule has 0 radical (unpaired) electrons. The molecule has 1 unspecified atom stereocenters. The molecule has 29 heavy (non-hydrogen) atoms. The van der Waals surface area contributed by atoms with Gasteiger partial charge < -0.3 is 20.3 Å². The number of sulfonamides is 1. The lowest BCUT2D eigenvalue weighted by atomic mass is 10.2. The minimum Gasteiger partial charge on any atom is -0.495 e. The number of nitrogens with one attached hydrogen (secondary N) is 2. The molecule has 0 aliphatic carbocycles. The third-order valence-electron chi connectivity index (χ3n) is 5.12. The minimum atomic E-state index is -3.06. The summed E-state index contributed by atoms with van der Waals surface area (Å²) < 4.78 is 30.8. The van der Waals surface area contributed by atoms with Gasteiger partial charge in [-0.05, 0) is 31.9 Å². The monoisotopic (exact) mass is 537 g/mol. The van der Waals surface area contributed by atoms with Crippen LogP contribution in [0.3, 0.4) is 0 Å². The first-order valence-corrected chi connectivity index (χ1v) is 11.5. The van der Waals surface area contributed by atoms with Crippen LogP contribution in [-0.2, 0) is 10.0 Å². The van der Waals surface area contributed by atoms with Gasteiger partial charge in [0, 0.05) is 38.8 Å². The van der Waals surface area contributed by atoms with Crippen LogP contribution < -0.4 is 20.3 Å². The predicted molar refractivity (Wildman–Crippen MR) is 128 cm³/mol. The van der Waals surface area contributed by atoms with Crippen LogP contribution in [0.5, 0.6) is 5.75 Å². The zero-order chi connectivity index (χ0) is 20.0. The normalized spacial score (nSPS) is 21.7. The van der Waals surface area contributed by atoms with E-state index in [0.29, 0.717) is 26.1 Å². The van der Waals surface area contributed by atoms with Gasteiger partial charge in [-0.2, -0.15) is 0 Å². The summed E-state index contributed by atoms with van der Waals surface area (Å²) in [6.45, 7) is 6.11. The SMILES string of the molecule is CCNC(=NCCN1CCCS1(=O)=O)NC1CCN(c2ccccc2OC)C1.I. The van der Waals surface area contributed by atoms with Gasteiger partial charge in [0.2, 0.25) is 10.0 Å². The van der Waals surface area contributed by atoms with Gasteiger partial charge in [0.15, 0.2) is 5.96 Å². The number of ether oxygens (including phenoxy) is 1. The maximum absolute atomic E-state index is 11.9. The zero-order valence-electron chi connectivity index (χ0n) is 17.1. The van der Waals surface area contributed by atoms with Crippen LogP contribution in [0, 0.1) is 0 Å². The second-order valence-electron chi connectivity index (χ2n) is 7.08. The summed E-state index contributed by atoms with van der Waals surface area (Å²) in [5.74, 6) is 1.89. The molecule has 1 aromatic rings. The molecule has 0 saturated carbocycles. The van der Waals surface area contributed by atoms with E-state index < -0.39 is 10.0 Å². The van der Waals surface area contributed by atoms with Gasteiger partial charge in [0.05, 0.1) is 25.1 Å². The number of hydrogen-bond donors (Lipinski definition) is 2. The Morgan fingerprint density at radius 3 is 2.79 bits per heavy atom. The van der Waals surface area contributed by atoms with Crippen molar-refractivity contribution in [2.75, 3.05) is 57.0 Å². The highest BCUT2D eigenvalue weighted by Gasteiger charge is 2.28. The summed E-state index contributed by atoms with van der Waals surface area (Å²) in [6, 6.07) is 8.34. The van der Waals surface area contributed by atoms with Gasteiger partial charge in [-0.3, -0.25) is 4.99 Å². The van der Waals surface area contributed by atoms with Crippen LogP contribution in [0.2, 0.25) is 0 Å². The Kier molecular flexibility index (Phi) is 9.28. The fourth-order valence-corrected chi connectivity index (χ4v) is 5.24. The van der Waals surface area contributed by atoms with Crippen LogP contribution in [-0.4, -0.2) is 76.9 Å². The third-order valence-corrected chi connectivity index (χ3v) is 7.08. The number of halogens is 1. The van der Waals surface area contributed by atoms with E-state index >= 15 is 0 Å². The summed E-state index contributed by atoms with van der Waals surface area (Å²) in [6.07, 6.45) is 1.72. The van der Waals surface area contributed by atoms with Crippen LogP contribution in [0.1, 0.15) is 19.8 Å². The Balaban J connectivity index is 0.00000300. The molecule has 0 spiro atoms. The van der Waals surface area contributed by atoms with Crippen molar-refractivity contribution in [2.45, 2.75) is 25.8 Å². The molecule has 2 fully saturated rings. The Bertz CT molecular complexity index is 790. The molecule has 2 aliphatic rings. The molecule has 164 valence electrons. The molecule has 2 N–H and O–H groups in total. The van der Waals surface area contributed by atoms with E-state index in [2.05, 4.69) is 26.6 Å². The summed E-state index contributed by atoms with van der Waals surface area (Å²) >= 11 is 0. The van der Waals surface area contributed by atoms with Gasteiger partial charge in [-0.25, -0.2) is 12.7 Å². The fraction of sp³-hybridized carbons (Fsp3) is 0.632. The second kappa shape index (κ2) is 11.2. The average Bonchev–Trinajstić information content (AvgIpc) is 3.28. The topological polar surface area (TPSA) is 86.3 Å². The molecule has 1 atom stereocenters. The first-order chi connectivity index (χ1) is 13.5. The number of rotatable bonds is 7. The number of guanidine groups is 1. The number of anilines is 1. The van der Waals surface area contributed by atoms with Crippen LogP contribution >= 0.6 is 24.0 Å². The Labute approximate surface area is 191 Å². The van der Waals surface area contributed by atoms with E-state index in [1.54, 1.807) is 11.4 Å². The van der Waals surface area contributed by atoms with Gasteiger partial charge >= 0.3 is 0 Å². The van der Waals surface area contributed by atoms with Gasteiger partial charge in [-0.15, -0.1) is 24.0 Å².